The van der Waals surface area contributed by atoms with Crippen LogP contribution in [0.25, 0.3) is 0 Å². The van der Waals surface area contributed by atoms with E-state index in [1.54, 1.807) is 12.1 Å². The minimum atomic E-state index is -3.26. The quantitative estimate of drug-likeness (QED) is 0.833. The van der Waals surface area contributed by atoms with Gasteiger partial charge < -0.3 is 11.1 Å². The summed E-state index contributed by atoms with van der Waals surface area (Å²) in [7, 11) is -3.26. The van der Waals surface area contributed by atoms with Crippen molar-refractivity contribution in [3.8, 4) is 0 Å². The van der Waals surface area contributed by atoms with Crippen LogP contribution in [0, 0.1) is 11.8 Å². The van der Waals surface area contributed by atoms with Gasteiger partial charge >= 0.3 is 0 Å². The van der Waals surface area contributed by atoms with Gasteiger partial charge in [0.2, 0.25) is 0 Å². The largest absolute Gasteiger partial charge is 0.396 e. The van der Waals surface area contributed by atoms with Crippen molar-refractivity contribution in [1.29, 1.82) is 0 Å². The third-order valence-electron chi connectivity index (χ3n) is 4.54. The molecule has 3 atom stereocenters. The summed E-state index contributed by atoms with van der Waals surface area (Å²) in [4.78, 5) is 0.223. The maximum Gasteiger partial charge on any atom is 0.177 e. The van der Waals surface area contributed by atoms with Crippen molar-refractivity contribution in [1.82, 2.24) is 0 Å². The van der Waals surface area contributed by atoms with E-state index in [1.807, 2.05) is 6.07 Å². The zero-order chi connectivity index (χ0) is 13.6. The third-order valence-corrected chi connectivity index (χ3v) is 5.70. The Balaban J connectivity index is 1.86. The molecule has 2 aliphatic rings. The fourth-order valence-corrected chi connectivity index (χ4v) is 4.45. The van der Waals surface area contributed by atoms with Gasteiger partial charge in [0, 0.05) is 12.3 Å². The first-order chi connectivity index (χ1) is 8.95. The first-order valence-corrected chi connectivity index (χ1v) is 8.69. The van der Waals surface area contributed by atoms with E-state index in [1.165, 1.54) is 31.9 Å². The molecule has 1 aromatic rings. The molecule has 0 radical (unpaired) electrons. The molecule has 3 N–H and O–H groups in total. The van der Waals surface area contributed by atoms with E-state index in [-0.39, 0.29) is 4.90 Å². The van der Waals surface area contributed by atoms with E-state index in [4.69, 9.17) is 5.73 Å². The second-order valence-corrected chi connectivity index (χ2v) is 7.90. The second-order valence-electron chi connectivity index (χ2n) is 5.92. The first-order valence-electron chi connectivity index (χ1n) is 6.80. The maximum absolute atomic E-state index is 11.7. The molecule has 104 valence electrons. The molecule has 0 heterocycles. The van der Waals surface area contributed by atoms with Crippen LogP contribution in [0.1, 0.15) is 25.7 Å². The number of benzene rings is 1. The van der Waals surface area contributed by atoms with Crippen LogP contribution in [0.3, 0.4) is 0 Å². The van der Waals surface area contributed by atoms with Crippen molar-refractivity contribution in [2.45, 2.75) is 36.6 Å². The van der Waals surface area contributed by atoms with Crippen molar-refractivity contribution in [2.75, 3.05) is 17.3 Å². The van der Waals surface area contributed by atoms with Gasteiger partial charge in [-0.1, -0.05) is 12.5 Å². The Morgan fingerprint density at radius 1 is 1.26 bits per heavy atom. The highest BCUT2D eigenvalue weighted by atomic mass is 32.2. The number of sulfone groups is 1. The lowest BCUT2D eigenvalue weighted by atomic mass is 9.95. The molecule has 0 spiro atoms. The molecule has 2 aliphatic carbocycles. The number of fused-ring (bicyclic) bond motifs is 2. The summed E-state index contributed by atoms with van der Waals surface area (Å²) in [6, 6.07) is 5.64. The van der Waals surface area contributed by atoms with Crippen molar-refractivity contribution < 1.29 is 8.42 Å². The molecule has 2 fully saturated rings. The van der Waals surface area contributed by atoms with Crippen molar-refractivity contribution >= 4 is 21.2 Å². The summed E-state index contributed by atoms with van der Waals surface area (Å²) < 4.78 is 23.3. The van der Waals surface area contributed by atoms with E-state index >= 15 is 0 Å². The molecule has 0 amide bonds. The van der Waals surface area contributed by atoms with Gasteiger partial charge in [-0.3, -0.25) is 0 Å². The Bertz CT molecular complexity index is 597. The summed E-state index contributed by atoms with van der Waals surface area (Å²) in [5.41, 5.74) is 7.12. The number of hydrogen-bond acceptors (Lipinski definition) is 4. The highest BCUT2D eigenvalue weighted by molar-refractivity contribution is 7.90. The molecule has 2 bridgehead atoms. The number of para-hydroxylation sites is 1. The summed E-state index contributed by atoms with van der Waals surface area (Å²) in [6.07, 6.45) is 6.33. The third kappa shape index (κ3) is 2.31. The molecule has 4 nitrogen and oxygen atoms in total. The van der Waals surface area contributed by atoms with Gasteiger partial charge in [0.25, 0.3) is 0 Å². The van der Waals surface area contributed by atoms with Crippen LogP contribution in [0.5, 0.6) is 0 Å². The van der Waals surface area contributed by atoms with Gasteiger partial charge in [0.15, 0.2) is 9.84 Å². The van der Waals surface area contributed by atoms with Crippen molar-refractivity contribution in [3.05, 3.63) is 18.2 Å². The molecule has 1 aromatic carbocycles. The monoisotopic (exact) mass is 280 g/mol. The standard InChI is InChI=1S/C14H20N2O2S/c1-19(17,18)13-4-2-3-11(14(13)15)16-12-8-9-5-6-10(12)7-9/h2-4,9-10,12,16H,5-8,15H2,1H3. The minimum absolute atomic E-state index is 0.223. The zero-order valence-electron chi connectivity index (χ0n) is 11.1. The average molecular weight is 280 g/mol. The fraction of sp³-hybridized carbons (Fsp3) is 0.571. The first kappa shape index (κ1) is 12.8. The predicted molar refractivity (Wildman–Crippen MR) is 76.8 cm³/mol. The topological polar surface area (TPSA) is 72.2 Å². The SMILES string of the molecule is CS(=O)(=O)c1cccc(NC2CC3CCC2C3)c1N. The molecule has 2 saturated carbocycles. The second kappa shape index (κ2) is 4.40. The smallest absolute Gasteiger partial charge is 0.177 e. The Hall–Kier alpha value is -1.23. The van der Waals surface area contributed by atoms with Gasteiger partial charge in [-0.2, -0.15) is 0 Å². The maximum atomic E-state index is 11.7. The molecule has 0 saturated heterocycles. The summed E-state index contributed by atoms with van der Waals surface area (Å²) >= 11 is 0. The van der Waals surface area contributed by atoms with E-state index < -0.39 is 9.84 Å². The van der Waals surface area contributed by atoms with E-state index in [0.29, 0.717) is 11.7 Å². The molecule has 3 unspecified atom stereocenters. The molecular weight excluding hydrogens is 260 g/mol. The number of rotatable bonds is 3. The average Bonchev–Trinajstić information content (AvgIpc) is 2.92. The van der Waals surface area contributed by atoms with Gasteiger partial charge in [0.05, 0.1) is 16.3 Å². The molecule has 19 heavy (non-hydrogen) atoms. The van der Waals surface area contributed by atoms with Gasteiger partial charge in [-0.15, -0.1) is 0 Å². The van der Waals surface area contributed by atoms with Crippen LogP contribution in [-0.4, -0.2) is 20.7 Å². The van der Waals surface area contributed by atoms with Crippen LogP contribution < -0.4 is 11.1 Å². The summed E-state index contributed by atoms with van der Waals surface area (Å²) in [5, 5.41) is 3.46. The lowest BCUT2D eigenvalue weighted by Crippen LogP contribution is -2.26. The van der Waals surface area contributed by atoms with Crippen LogP contribution in [-0.2, 0) is 9.84 Å². The Morgan fingerprint density at radius 2 is 2.05 bits per heavy atom. The molecular formula is C14H20N2O2S. The Kier molecular flexibility index (Phi) is 2.96. The number of hydrogen-bond donors (Lipinski definition) is 2. The number of nitrogens with one attached hydrogen (secondary N) is 1. The number of nitrogens with two attached hydrogens (primary N) is 1. The lowest BCUT2D eigenvalue weighted by Gasteiger charge is -2.25. The molecule has 0 aromatic heterocycles. The Labute approximate surface area is 114 Å². The number of nitrogen functional groups attached to an aromatic ring is 1. The number of anilines is 2. The van der Waals surface area contributed by atoms with E-state index in [2.05, 4.69) is 5.32 Å². The minimum Gasteiger partial charge on any atom is -0.396 e. The van der Waals surface area contributed by atoms with E-state index in [9.17, 15) is 8.42 Å². The molecule has 5 heteroatoms. The highest BCUT2D eigenvalue weighted by Gasteiger charge is 2.39. The normalized spacial score (nSPS) is 29.6. The zero-order valence-corrected chi connectivity index (χ0v) is 11.9. The molecule has 0 aliphatic heterocycles. The lowest BCUT2D eigenvalue weighted by molar-refractivity contribution is 0.440. The van der Waals surface area contributed by atoms with Crippen LogP contribution >= 0.6 is 0 Å². The van der Waals surface area contributed by atoms with Crippen LogP contribution in [0.15, 0.2) is 23.1 Å². The van der Waals surface area contributed by atoms with Gasteiger partial charge in [-0.25, -0.2) is 8.42 Å². The Morgan fingerprint density at radius 3 is 2.63 bits per heavy atom. The van der Waals surface area contributed by atoms with Crippen LogP contribution in [0.2, 0.25) is 0 Å². The predicted octanol–water partition coefficient (Wildman–Crippen LogP) is 2.27. The molecule has 3 rings (SSSR count). The summed E-state index contributed by atoms with van der Waals surface area (Å²) in [6.45, 7) is 0. The fourth-order valence-electron chi connectivity index (χ4n) is 3.61. The van der Waals surface area contributed by atoms with Crippen LogP contribution in [0.4, 0.5) is 11.4 Å². The highest BCUT2D eigenvalue weighted by Crippen LogP contribution is 2.46. The van der Waals surface area contributed by atoms with Crippen molar-refractivity contribution in [2.24, 2.45) is 11.8 Å². The van der Waals surface area contributed by atoms with E-state index in [0.717, 1.165) is 17.5 Å². The van der Waals surface area contributed by atoms with Gasteiger partial charge in [0.1, 0.15) is 0 Å². The summed E-state index contributed by atoms with van der Waals surface area (Å²) in [5.74, 6) is 1.58. The van der Waals surface area contributed by atoms with Crippen molar-refractivity contribution in [3.63, 3.8) is 0 Å². The van der Waals surface area contributed by atoms with Gasteiger partial charge in [-0.05, 0) is 43.2 Å².